The van der Waals surface area contributed by atoms with Crippen molar-refractivity contribution in [1.82, 2.24) is 0 Å². The van der Waals surface area contributed by atoms with Crippen molar-refractivity contribution in [2.45, 2.75) is 59.3 Å². The predicted octanol–water partition coefficient (Wildman–Crippen LogP) is 5.36. The fourth-order valence-corrected chi connectivity index (χ4v) is 2.97. The van der Waals surface area contributed by atoms with E-state index < -0.39 is 0 Å². The van der Waals surface area contributed by atoms with Gasteiger partial charge in [-0.1, -0.05) is 41.5 Å². The number of nitrogens with zero attached hydrogens (tertiary/aromatic N) is 1. The van der Waals surface area contributed by atoms with Gasteiger partial charge in [-0.25, -0.2) is 13.3 Å². The minimum absolute atomic E-state index is 0.210. The summed E-state index contributed by atoms with van der Waals surface area (Å²) in [4.78, 5) is 0. The summed E-state index contributed by atoms with van der Waals surface area (Å²) in [6.07, 6.45) is 1.84. The molecule has 3 heteroatoms. The fraction of sp³-hybridized carbons (Fsp3) is 0.476. The van der Waals surface area contributed by atoms with Crippen molar-refractivity contribution < 1.29 is 13.3 Å². The van der Waals surface area contributed by atoms with Crippen molar-refractivity contribution >= 4 is 0 Å². The molecule has 1 heterocycles. The number of aromatic nitrogens is 1. The number of pyridine rings is 1. The molecule has 1 aromatic carbocycles. The monoisotopic (exact) mass is 332 g/mol. The van der Waals surface area contributed by atoms with Crippen LogP contribution in [0.5, 0.6) is 0 Å². The number of hydrogen-bond donors (Lipinski definition) is 0. The van der Waals surface area contributed by atoms with Gasteiger partial charge < -0.3 is 0 Å². The second-order valence-corrected chi connectivity index (χ2v) is 8.68. The summed E-state index contributed by atoms with van der Waals surface area (Å²) < 4.78 is 31.0. The first kappa shape index (κ1) is 18.6. The largest absolute Gasteiger partial charge is 0.215 e. The molecule has 0 aliphatic heterocycles. The zero-order valence-corrected chi connectivity index (χ0v) is 16.0. The number of hydrogen-bond acceptors (Lipinski definition) is 0. The summed E-state index contributed by atoms with van der Waals surface area (Å²) in [5, 5.41) is 0. The molecular formula is C21H28F2N+. The minimum Gasteiger partial charge on any atom is -0.207 e. The average molecular weight is 332 g/mol. The van der Waals surface area contributed by atoms with Crippen molar-refractivity contribution in [2.75, 3.05) is 0 Å². The van der Waals surface area contributed by atoms with Gasteiger partial charge in [-0.05, 0) is 41.0 Å². The van der Waals surface area contributed by atoms with E-state index in [0.29, 0.717) is 11.1 Å². The van der Waals surface area contributed by atoms with Crippen LogP contribution in [0.15, 0.2) is 24.4 Å². The Labute approximate surface area is 144 Å². The van der Waals surface area contributed by atoms with E-state index in [4.69, 9.17) is 0 Å². The maximum Gasteiger partial charge on any atom is 0.215 e. The molecule has 0 N–H and O–H groups in total. The first-order chi connectivity index (χ1) is 10.8. The first-order valence-electron chi connectivity index (χ1n) is 8.33. The Kier molecular flexibility index (Phi) is 4.60. The molecule has 130 valence electrons. The number of halogens is 2. The van der Waals surface area contributed by atoms with Gasteiger partial charge in [0.25, 0.3) is 0 Å². The highest BCUT2D eigenvalue weighted by atomic mass is 19.1. The molecule has 0 saturated heterocycles. The van der Waals surface area contributed by atoms with Gasteiger partial charge in [0.15, 0.2) is 6.20 Å². The summed E-state index contributed by atoms with van der Waals surface area (Å²) in [6.45, 7) is 13.8. The van der Waals surface area contributed by atoms with Gasteiger partial charge in [-0.2, -0.15) is 0 Å². The quantitative estimate of drug-likeness (QED) is 0.619. The van der Waals surface area contributed by atoms with E-state index in [0.717, 1.165) is 16.8 Å². The first-order valence-corrected chi connectivity index (χ1v) is 8.33. The Balaban J connectivity index is 2.72. The van der Waals surface area contributed by atoms with Crippen LogP contribution < -0.4 is 4.57 Å². The Morgan fingerprint density at radius 3 is 1.79 bits per heavy atom. The Bertz CT molecular complexity index is 778. The molecule has 0 aliphatic carbocycles. The molecule has 0 saturated carbocycles. The predicted molar refractivity (Wildman–Crippen MR) is 95.1 cm³/mol. The van der Waals surface area contributed by atoms with Gasteiger partial charge in [0.1, 0.15) is 18.7 Å². The van der Waals surface area contributed by atoms with Gasteiger partial charge in [-0.3, -0.25) is 0 Å². The van der Waals surface area contributed by atoms with E-state index in [2.05, 4.69) is 0 Å². The Morgan fingerprint density at radius 2 is 1.29 bits per heavy atom. The summed E-state index contributed by atoms with van der Waals surface area (Å²) in [5.41, 5.74) is 3.16. The van der Waals surface area contributed by atoms with Crippen LogP contribution in [0.3, 0.4) is 0 Å². The van der Waals surface area contributed by atoms with E-state index >= 15 is 0 Å². The molecule has 0 amide bonds. The van der Waals surface area contributed by atoms with Crippen LogP contribution in [-0.2, 0) is 17.9 Å². The van der Waals surface area contributed by atoms with Crippen LogP contribution >= 0.6 is 0 Å². The van der Waals surface area contributed by atoms with E-state index in [9.17, 15) is 8.78 Å². The zero-order chi connectivity index (χ0) is 18.4. The van der Waals surface area contributed by atoms with Crippen molar-refractivity contribution in [1.29, 1.82) is 0 Å². The van der Waals surface area contributed by atoms with E-state index in [1.807, 2.05) is 72.3 Å². The lowest BCUT2D eigenvalue weighted by atomic mass is 9.83. The lowest BCUT2D eigenvalue weighted by Crippen LogP contribution is -2.34. The molecule has 2 rings (SSSR count). The SMILES string of the molecule is Cc1cc(F)c(C(C)(C)C)cc1-c1cc(F)c(C(C)(C)C)c[n+]1C. The molecule has 0 radical (unpaired) electrons. The third kappa shape index (κ3) is 3.50. The second-order valence-electron chi connectivity index (χ2n) is 8.68. The van der Waals surface area contributed by atoms with Gasteiger partial charge >= 0.3 is 0 Å². The summed E-state index contributed by atoms with van der Waals surface area (Å²) >= 11 is 0. The van der Waals surface area contributed by atoms with Gasteiger partial charge in [-0.15, -0.1) is 0 Å². The van der Waals surface area contributed by atoms with E-state index in [1.54, 1.807) is 12.1 Å². The molecular weight excluding hydrogens is 304 g/mol. The van der Waals surface area contributed by atoms with Crippen LogP contribution in [0.25, 0.3) is 11.3 Å². The van der Waals surface area contributed by atoms with Gasteiger partial charge in [0.05, 0.1) is 5.56 Å². The van der Waals surface area contributed by atoms with Crippen LogP contribution in [0, 0.1) is 18.6 Å². The summed E-state index contributed by atoms with van der Waals surface area (Å²) in [7, 11) is 1.91. The fourth-order valence-electron chi connectivity index (χ4n) is 2.97. The van der Waals surface area contributed by atoms with Crippen molar-refractivity contribution in [3.05, 3.63) is 52.7 Å². The molecule has 0 unspecified atom stereocenters. The highest BCUT2D eigenvalue weighted by Crippen LogP contribution is 2.32. The zero-order valence-electron chi connectivity index (χ0n) is 16.0. The second kappa shape index (κ2) is 5.94. The smallest absolute Gasteiger partial charge is 0.207 e. The van der Waals surface area contributed by atoms with Crippen LogP contribution in [-0.4, -0.2) is 0 Å². The molecule has 0 fully saturated rings. The van der Waals surface area contributed by atoms with Gasteiger partial charge in [0.2, 0.25) is 5.69 Å². The number of rotatable bonds is 1. The van der Waals surface area contributed by atoms with E-state index in [1.165, 1.54) is 0 Å². The molecule has 1 aromatic heterocycles. The highest BCUT2D eigenvalue weighted by Gasteiger charge is 2.27. The molecule has 2 aromatic rings. The Hall–Kier alpha value is -1.77. The van der Waals surface area contributed by atoms with Crippen molar-refractivity contribution in [3.8, 4) is 11.3 Å². The topological polar surface area (TPSA) is 3.88 Å². The standard InChI is InChI=1S/C21H28F2N/c1-13-9-17(22)15(20(2,3)4)10-14(13)19-11-18(23)16(12-24(19)8)21(5,6)7/h9-12H,1-8H3/q+1. The van der Waals surface area contributed by atoms with E-state index in [-0.39, 0.29) is 22.5 Å². The molecule has 0 bridgehead atoms. The maximum absolute atomic E-state index is 14.7. The van der Waals surface area contributed by atoms with Crippen molar-refractivity contribution in [2.24, 2.45) is 7.05 Å². The van der Waals surface area contributed by atoms with Crippen molar-refractivity contribution in [3.63, 3.8) is 0 Å². The highest BCUT2D eigenvalue weighted by molar-refractivity contribution is 5.63. The third-order valence-corrected chi connectivity index (χ3v) is 4.43. The maximum atomic E-state index is 14.7. The summed E-state index contributed by atoms with van der Waals surface area (Å²) in [5.74, 6) is -0.435. The normalized spacial score (nSPS) is 12.6. The molecule has 0 atom stereocenters. The lowest BCUT2D eigenvalue weighted by molar-refractivity contribution is -0.661. The average Bonchev–Trinajstić information content (AvgIpc) is 2.38. The van der Waals surface area contributed by atoms with Gasteiger partial charge in [0, 0.05) is 11.6 Å². The summed E-state index contributed by atoms with van der Waals surface area (Å²) in [6, 6.07) is 4.97. The number of benzene rings is 1. The van der Waals surface area contributed by atoms with Crippen LogP contribution in [0.4, 0.5) is 8.78 Å². The van der Waals surface area contributed by atoms with Crippen LogP contribution in [0.2, 0.25) is 0 Å². The molecule has 0 spiro atoms. The lowest BCUT2D eigenvalue weighted by Gasteiger charge is -2.22. The molecule has 0 aliphatic rings. The minimum atomic E-state index is -0.311. The number of aryl methyl sites for hydroxylation is 2. The third-order valence-electron chi connectivity index (χ3n) is 4.43. The molecule has 1 nitrogen and oxygen atoms in total. The van der Waals surface area contributed by atoms with Crippen LogP contribution in [0.1, 0.15) is 58.2 Å². The Morgan fingerprint density at radius 1 is 0.792 bits per heavy atom. The molecule has 24 heavy (non-hydrogen) atoms.